The Morgan fingerprint density at radius 2 is 1.96 bits per heavy atom. The van der Waals surface area contributed by atoms with E-state index in [0.29, 0.717) is 36.9 Å². The molecule has 2 heterocycles. The molecular formula is C18H18N4O2. The fourth-order valence-corrected chi connectivity index (χ4v) is 2.16. The van der Waals surface area contributed by atoms with E-state index in [1.54, 1.807) is 12.3 Å². The summed E-state index contributed by atoms with van der Waals surface area (Å²) in [5.74, 6) is 0.750. The molecule has 1 N–H and O–H groups in total. The van der Waals surface area contributed by atoms with Gasteiger partial charge in [-0.1, -0.05) is 35.9 Å². The zero-order valence-corrected chi connectivity index (χ0v) is 13.4. The van der Waals surface area contributed by atoms with Crippen molar-refractivity contribution >= 4 is 5.91 Å². The molecule has 0 unspecified atom stereocenters. The SMILES string of the molecule is Cc1ccc(CNC(=O)CCc2nnc(-c3ccccn3)o2)cc1. The van der Waals surface area contributed by atoms with Crippen LogP contribution in [0, 0.1) is 6.92 Å². The fraction of sp³-hybridized carbons (Fsp3) is 0.222. The number of hydrogen-bond donors (Lipinski definition) is 1. The lowest BCUT2D eigenvalue weighted by Gasteiger charge is -2.04. The van der Waals surface area contributed by atoms with Gasteiger partial charge in [-0.05, 0) is 24.6 Å². The van der Waals surface area contributed by atoms with E-state index in [-0.39, 0.29) is 5.91 Å². The summed E-state index contributed by atoms with van der Waals surface area (Å²) in [7, 11) is 0. The molecule has 3 aromatic rings. The third-order valence-corrected chi connectivity index (χ3v) is 3.53. The summed E-state index contributed by atoms with van der Waals surface area (Å²) < 4.78 is 5.53. The minimum Gasteiger partial charge on any atom is -0.419 e. The van der Waals surface area contributed by atoms with Gasteiger partial charge in [0.2, 0.25) is 11.8 Å². The van der Waals surface area contributed by atoms with Gasteiger partial charge in [0.15, 0.2) is 0 Å². The number of nitrogens with one attached hydrogen (secondary N) is 1. The number of benzene rings is 1. The molecule has 2 aromatic heterocycles. The lowest BCUT2D eigenvalue weighted by Crippen LogP contribution is -2.23. The number of hydrogen-bond acceptors (Lipinski definition) is 5. The molecule has 0 saturated heterocycles. The lowest BCUT2D eigenvalue weighted by atomic mass is 10.1. The van der Waals surface area contributed by atoms with Gasteiger partial charge < -0.3 is 9.73 Å². The minimum atomic E-state index is -0.0480. The van der Waals surface area contributed by atoms with Crippen LogP contribution in [0.15, 0.2) is 53.1 Å². The Kier molecular flexibility index (Phi) is 4.96. The van der Waals surface area contributed by atoms with Gasteiger partial charge in [-0.25, -0.2) is 0 Å². The topological polar surface area (TPSA) is 80.9 Å². The van der Waals surface area contributed by atoms with Crippen LogP contribution in [0.2, 0.25) is 0 Å². The van der Waals surface area contributed by atoms with Crippen LogP contribution in [0.3, 0.4) is 0 Å². The van der Waals surface area contributed by atoms with E-state index in [2.05, 4.69) is 20.5 Å². The molecule has 0 fully saturated rings. The summed E-state index contributed by atoms with van der Waals surface area (Å²) in [6, 6.07) is 13.5. The summed E-state index contributed by atoms with van der Waals surface area (Å²) in [5, 5.41) is 10.8. The molecular weight excluding hydrogens is 304 g/mol. The van der Waals surface area contributed by atoms with Crippen molar-refractivity contribution in [2.45, 2.75) is 26.3 Å². The molecule has 3 rings (SSSR count). The minimum absolute atomic E-state index is 0.0480. The molecule has 6 nitrogen and oxygen atoms in total. The first-order chi connectivity index (χ1) is 11.7. The predicted molar refractivity (Wildman–Crippen MR) is 88.9 cm³/mol. The first kappa shape index (κ1) is 15.9. The number of carbonyl (C=O) groups is 1. The molecule has 6 heteroatoms. The van der Waals surface area contributed by atoms with Crippen LogP contribution >= 0.6 is 0 Å². The maximum atomic E-state index is 11.9. The largest absolute Gasteiger partial charge is 0.419 e. The van der Waals surface area contributed by atoms with Crippen LogP contribution in [-0.4, -0.2) is 21.1 Å². The Morgan fingerprint density at radius 1 is 1.12 bits per heavy atom. The zero-order valence-electron chi connectivity index (χ0n) is 13.4. The van der Waals surface area contributed by atoms with Crippen LogP contribution in [0.1, 0.15) is 23.4 Å². The summed E-state index contributed by atoms with van der Waals surface area (Å²) in [6.07, 6.45) is 2.37. The van der Waals surface area contributed by atoms with Crippen molar-refractivity contribution in [3.05, 3.63) is 65.7 Å². The molecule has 0 atom stereocenters. The van der Waals surface area contributed by atoms with E-state index in [9.17, 15) is 4.79 Å². The first-order valence-electron chi connectivity index (χ1n) is 7.77. The van der Waals surface area contributed by atoms with Gasteiger partial charge in [0.05, 0.1) is 0 Å². The molecule has 1 amide bonds. The van der Waals surface area contributed by atoms with Crippen molar-refractivity contribution in [2.24, 2.45) is 0 Å². The van der Waals surface area contributed by atoms with Crippen molar-refractivity contribution in [3.8, 4) is 11.6 Å². The number of amides is 1. The van der Waals surface area contributed by atoms with E-state index in [4.69, 9.17) is 4.42 Å². The quantitative estimate of drug-likeness (QED) is 0.754. The van der Waals surface area contributed by atoms with Crippen molar-refractivity contribution in [3.63, 3.8) is 0 Å². The molecule has 1 aromatic carbocycles. The van der Waals surface area contributed by atoms with Crippen LogP contribution in [0.4, 0.5) is 0 Å². The molecule has 0 bridgehead atoms. The van der Waals surface area contributed by atoms with Crippen molar-refractivity contribution in [1.29, 1.82) is 0 Å². The first-order valence-corrected chi connectivity index (χ1v) is 7.77. The van der Waals surface area contributed by atoms with E-state index in [0.717, 1.165) is 5.56 Å². The van der Waals surface area contributed by atoms with Crippen molar-refractivity contribution < 1.29 is 9.21 Å². The third-order valence-electron chi connectivity index (χ3n) is 3.53. The van der Waals surface area contributed by atoms with Gasteiger partial charge in [-0.2, -0.15) is 0 Å². The summed E-state index contributed by atoms with van der Waals surface area (Å²) in [6.45, 7) is 2.55. The second-order valence-corrected chi connectivity index (χ2v) is 5.48. The van der Waals surface area contributed by atoms with Crippen LogP contribution < -0.4 is 5.32 Å². The number of carbonyl (C=O) groups excluding carboxylic acids is 1. The van der Waals surface area contributed by atoms with Gasteiger partial charge in [-0.15, -0.1) is 10.2 Å². The normalized spacial score (nSPS) is 10.5. The van der Waals surface area contributed by atoms with Crippen LogP contribution in [-0.2, 0) is 17.8 Å². The van der Waals surface area contributed by atoms with Crippen molar-refractivity contribution in [2.75, 3.05) is 0 Å². The molecule has 0 radical (unpaired) electrons. The van der Waals surface area contributed by atoms with Crippen LogP contribution in [0.5, 0.6) is 0 Å². The zero-order chi connectivity index (χ0) is 16.8. The second-order valence-electron chi connectivity index (χ2n) is 5.48. The highest BCUT2D eigenvalue weighted by molar-refractivity contribution is 5.76. The van der Waals surface area contributed by atoms with E-state index in [1.165, 1.54) is 5.56 Å². The van der Waals surface area contributed by atoms with Gasteiger partial charge in [-0.3, -0.25) is 9.78 Å². The molecule has 122 valence electrons. The predicted octanol–water partition coefficient (Wildman–Crippen LogP) is 2.69. The molecule has 0 spiro atoms. The highest BCUT2D eigenvalue weighted by atomic mass is 16.4. The average Bonchev–Trinajstić information content (AvgIpc) is 3.09. The smallest absolute Gasteiger partial charge is 0.266 e. The van der Waals surface area contributed by atoms with Gasteiger partial charge in [0.1, 0.15) is 5.69 Å². The number of nitrogens with zero attached hydrogens (tertiary/aromatic N) is 3. The number of aromatic nitrogens is 3. The lowest BCUT2D eigenvalue weighted by molar-refractivity contribution is -0.121. The number of aryl methyl sites for hydroxylation is 2. The number of pyridine rings is 1. The van der Waals surface area contributed by atoms with Gasteiger partial charge in [0.25, 0.3) is 5.89 Å². The monoisotopic (exact) mass is 322 g/mol. The molecule has 0 aliphatic heterocycles. The Balaban J connectivity index is 1.48. The Hall–Kier alpha value is -3.02. The maximum absolute atomic E-state index is 11.9. The van der Waals surface area contributed by atoms with E-state index in [1.807, 2.05) is 43.3 Å². The maximum Gasteiger partial charge on any atom is 0.266 e. The van der Waals surface area contributed by atoms with Crippen LogP contribution in [0.25, 0.3) is 11.6 Å². The van der Waals surface area contributed by atoms with E-state index >= 15 is 0 Å². The molecule has 0 saturated carbocycles. The highest BCUT2D eigenvalue weighted by Gasteiger charge is 2.11. The standard InChI is InChI=1S/C18H18N4O2/c1-13-5-7-14(8-6-13)12-20-16(23)9-10-17-21-22-18(24-17)15-4-2-3-11-19-15/h2-8,11H,9-10,12H2,1H3,(H,20,23). The number of rotatable bonds is 6. The Morgan fingerprint density at radius 3 is 2.71 bits per heavy atom. The average molecular weight is 322 g/mol. The summed E-state index contributed by atoms with van der Waals surface area (Å²) in [5.41, 5.74) is 2.90. The summed E-state index contributed by atoms with van der Waals surface area (Å²) in [4.78, 5) is 16.1. The Bertz CT molecular complexity index is 797. The van der Waals surface area contributed by atoms with Gasteiger partial charge >= 0.3 is 0 Å². The molecule has 0 aliphatic carbocycles. The summed E-state index contributed by atoms with van der Waals surface area (Å²) >= 11 is 0. The van der Waals surface area contributed by atoms with Crippen molar-refractivity contribution in [1.82, 2.24) is 20.5 Å². The fourth-order valence-electron chi connectivity index (χ4n) is 2.16. The van der Waals surface area contributed by atoms with Gasteiger partial charge in [0, 0.05) is 25.6 Å². The molecule has 0 aliphatic rings. The highest BCUT2D eigenvalue weighted by Crippen LogP contribution is 2.14. The molecule has 24 heavy (non-hydrogen) atoms. The second kappa shape index (κ2) is 7.50. The Labute approximate surface area is 140 Å². The van der Waals surface area contributed by atoms with E-state index < -0.39 is 0 Å². The third kappa shape index (κ3) is 4.25.